The molecule has 1 aromatic rings. The van der Waals surface area contributed by atoms with E-state index >= 15 is 0 Å². The Morgan fingerprint density at radius 1 is 1.36 bits per heavy atom. The zero-order chi connectivity index (χ0) is 10.8. The van der Waals surface area contributed by atoms with Gasteiger partial charge in [-0.3, -0.25) is 0 Å². The third kappa shape index (κ3) is 1.93. The highest BCUT2D eigenvalue weighted by Gasteiger charge is 2.30. The second-order valence-corrected chi connectivity index (χ2v) is 3.82. The maximum Gasteiger partial charge on any atom is 0.0893 e. The first-order valence-electron chi connectivity index (χ1n) is 4.40. The molecule has 1 N–H and O–H groups in total. The summed E-state index contributed by atoms with van der Waals surface area (Å²) in [4.78, 5) is 10.8. The number of rotatable bonds is 3. The van der Waals surface area contributed by atoms with E-state index in [1.807, 2.05) is 6.07 Å². The van der Waals surface area contributed by atoms with Crippen molar-refractivity contribution < 1.29 is 15.0 Å². The Balaban J connectivity index is 2.96. The monoisotopic (exact) mass is 193 g/mol. The number of benzene rings is 1. The van der Waals surface area contributed by atoms with Gasteiger partial charge in [-0.2, -0.15) is 0 Å². The van der Waals surface area contributed by atoms with Crippen LogP contribution in [0, 0.1) is 5.41 Å². The molecule has 0 aromatic heterocycles. The van der Waals surface area contributed by atoms with E-state index < -0.39 is 17.5 Å². The van der Waals surface area contributed by atoms with Crippen LogP contribution >= 0.6 is 0 Å². The number of carbonyl (C=O) groups excluding carboxylic acids is 1. The van der Waals surface area contributed by atoms with Gasteiger partial charge in [-0.05, 0) is 5.56 Å². The predicted octanol–water partition coefficient (Wildman–Crippen LogP) is 0.496. The summed E-state index contributed by atoms with van der Waals surface area (Å²) in [5.74, 6) is -1.26. The van der Waals surface area contributed by atoms with Crippen molar-refractivity contribution in [3.05, 3.63) is 35.9 Å². The second kappa shape index (κ2) is 3.80. The van der Waals surface area contributed by atoms with Crippen LogP contribution < -0.4 is 5.11 Å². The number of carboxylic acids is 1. The van der Waals surface area contributed by atoms with Crippen molar-refractivity contribution in [1.29, 1.82) is 0 Å². The average Bonchev–Trinajstić information content (AvgIpc) is 2.17. The molecule has 0 amide bonds. The fraction of sp³-hybridized carbons (Fsp3) is 0.364. The van der Waals surface area contributed by atoms with Crippen LogP contribution in [0.3, 0.4) is 0 Å². The number of carboxylic acid groups (broad SMARTS) is 1. The summed E-state index contributed by atoms with van der Waals surface area (Å²) in [6.45, 7) is 2.89. The van der Waals surface area contributed by atoms with E-state index in [-0.39, 0.29) is 0 Å². The summed E-state index contributed by atoms with van der Waals surface area (Å²) < 4.78 is 0. The van der Waals surface area contributed by atoms with Crippen LogP contribution in [0.25, 0.3) is 0 Å². The van der Waals surface area contributed by atoms with Crippen molar-refractivity contribution in [3.8, 4) is 0 Å². The van der Waals surface area contributed by atoms with Crippen LogP contribution in [0.15, 0.2) is 30.3 Å². The third-order valence-corrected chi connectivity index (χ3v) is 2.33. The molecule has 0 bridgehead atoms. The highest BCUT2D eigenvalue weighted by molar-refractivity contribution is 5.72. The standard InChI is InChI=1S/C11H14O3/c1-11(2,10(13)14)9(12)8-6-4-3-5-7-8/h3-7,9,12H,1-2H3,(H,13,14)/p-1/t9-/m0/s1. The van der Waals surface area contributed by atoms with Crippen molar-refractivity contribution >= 4 is 5.97 Å². The predicted molar refractivity (Wildman–Crippen MR) is 50.2 cm³/mol. The fourth-order valence-electron chi connectivity index (χ4n) is 1.16. The molecule has 0 saturated heterocycles. The van der Waals surface area contributed by atoms with Gasteiger partial charge in [0, 0.05) is 11.4 Å². The molecule has 3 nitrogen and oxygen atoms in total. The molecule has 0 aliphatic heterocycles. The normalized spacial score (nSPS) is 13.6. The van der Waals surface area contributed by atoms with Crippen LogP contribution in [-0.4, -0.2) is 11.1 Å². The van der Waals surface area contributed by atoms with Gasteiger partial charge in [-0.25, -0.2) is 0 Å². The Kier molecular flexibility index (Phi) is 2.91. The molecule has 0 aliphatic carbocycles. The zero-order valence-corrected chi connectivity index (χ0v) is 8.23. The molecular formula is C11H13O3-. The molecule has 0 saturated carbocycles. The lowest BCUT2D eigenvalue weighted by Crippen LogP contribution is -2.42. The van der Waals surface area contributed by atoms with E-state index in [2.05, 4.69) is 0 Å². The molecule has 0 fully saturated rings. The van der Waals surface area contributed by atoms with E-state index in [0.717, 1.165) is 0 Å². The van der Waals surface area contributed by atoms with Gasteiger partial charge in [0.1, 0.15) is 0 Å². The van der Waals surface area contributed by atoms with Crippen LogP contribution in [0.2, 0.25) is 0 Å². The van der Waals surface area contributed by atoms with Crippen molar-refractivity contribution in [2.45, 2.75) is 20.0 Å². The van der Waals surface area contributed by atoms with Gasteiger partial charge >= 0.3 is 0 Å². The van der Waals surface area contributed by atoms with Gasteiger partial charge in [-0.15, -0.1) is 0 Å². The molecule has 0 radical (unpaired) electrons. The minimum absolute atomic E-state index is 0.585. The summed E-state index contributed by atoms with van der Waals surface area (Å²) >= 11 is 0. The molecule has 1 rings (SSSR count). The second-order valence-electron chi connectivity index (χ2n) is 3.82. The van der Waals surface area contributed by atoms with E-state index in [9.17, 15) is 15.0 Å². The third-order valence-electron chi connectivity index (χ3n) is 2.33. The van der Waals surface area contributed by atoms with E-state index in [4.69, 9.17) is 0 Å². The number of carbonyl (C=O) groups is 1. The molecule has 76 valence electrons. The minimum atomic E-state index is -1.28. The SMILES string of the molecule is CC(C)(C(=O)[O-])[C@@H](O)c1ccccc1. The van der Waals surface area contributed by atoms with Crippen LogP contribution in [0.4, 0.5) is 0 Å². The first-order chi connectivity index (χ1) is 6.46. The van der Waals surface area contributed by atoms with E-state index in [1.54, 1.807) is 24.3 Å². The van der Waals surface area contributed by atoms with E-state index in [0.29, 0.717) is 5.56 Å². The summed E-state index contributed by atoms with van der Waals surface area (Å²) in [5, 5.41) is 20.6. The molecule has 0 spiro atoms. The Morgan fingerprint density at radius 2 is 1.86 bits per heavy atom. The molecule has 14 heavy (non-hydrogen) atoms. The summed E-state index contributed by atoms with van der Waals surface area (Å²) in [7, 11) is 0. The number of hydrogen-bond donors (Lipinski definition) is 1. The zero-order valence-electron chi connectivity index (χ0n) is 8.23. The Labute approximate surface area is 83.0 Å². The number of aliphatic hydroxyl groups excluding tert-OH is 1. The van der Waals surface area contributed by atoms with Gasteiger partial charge in [0.2, 0.25) is 0 Å². The molecule has 0 aliphatic rings. The van der Waals surface area contributed by atoms with Crippen LogP contribution in [0.5, 0.6) is 0 Å². The Morgan fingerprint density at radius 3 is 2.29 bits per heavy atom. The van der Waals surface area contributed by atoms with Gasteiger partial charge in [0.05, 0.1) is 6.10 Å². The first-order valence-corrected chi connectivity index (χ1v) is 4.40. The van der Waals surface area contributed by atoms with E-state index in [1.165, 1.54) is 13.8 Å². The lowest BCUT2D eigenvalue weighted by molar-refractivity contribution is -0.321. The van der Waals surface area contributed by atoms with Gasteiger partial charge in [0.25, 0.3) is 0 Å². The molecule has 0 unspecified atom stereocenters. The lowest BCUT2D eigenvalue weighted by atomic mass is 9.83. The molecule has 0 heterocycles. The summed E-state index contributed by atoms with van der Waals surface area (Å²) in [6.07, 6.45) is -1.05. The topological polar surface area (TPSA) is 60.4 Å². The summed E-state index contributed by atoms with van der Waals surface area (Å²) in [6, 6.07) is 8.70. The molecule has 1 atom stereocenters. The highest BCUT2D eigenvalue weighted by atomic mass is 16.4. The number of hydrogen-bond acceptors (Lipinski definition) is 3. The van der Waals surface area contributed by atoms with Crippen LogP contribution in [0.1, 0.15) is 25.5 Å². The Hall–Kier alpha value is -1.35. The molecular weight excluding hydrogens is 180 g/mol. The van der Waals surface area contributed by atoms with Gasteiger partial charge in [-0.1, -0.05) is 44.2 Å². The van der Waals surface area contributed by atoms with Crippen molar-refractivity contribution in [1.82, 2.24) is 0 Å². The lowest BCUT2D eigenvalue weighted by Gasteiger charge is -2.31. The minimum Gasteiger partial charge on any atom is -0.549 e. The smallest absolute Gasteiger partial charge is 0.0893 e. The number of aliphatic carboxylic acids is 1. The quantitative estimate of drug-likeness (QED) is 0.760. The highest BCUT2D eigenvalue weighted by Crippen LogP contribution is 2.32. The first kappa shape index (κ1) is 10.7. The number of aliphatic hydroxyl groups is 1. The maximum absolute atomic E-state index is 10.8. The largest absolute Gasteiger partial charge is 0.549 e. The van der Waals surface area contributed by atoms with Gasteiger partial charge < -0.3 is 15.0 Å². The molecule has 3 heteroatoms. The molecule has 1 aromatic carbocycles. The van der Waals surface area contributed by atoms with Crippen molar-refractivity contribution in [3.63, 3.8) is 0 Å². The van der Waals surface area contributed by atoms with Crippen LogP contribution in [-0.2, 0) is 4.79 Å². The van der Waals surface area contributed by atoms with Gasteiger partial charge in [0.15, 0.2) is 0 Å². The van der Waals surface area contributed by atoms with Crippen molar-refractivity contribution in [2.75, 3.05) is 0 Å². The fourth-order valence-corrected chi connectivity index (χ4v) is 1.16. The average molecular weight is 193 g/mol. The van der Waals surface area contributed by atoms with Crippen molar-refractivity contribution in [2.24, 2.45) is 5.41 Å². The maximum atomic E-state index is 10.8. The summed E-state index contributed by atoms with van der Waals surface area (Å²) in [5.41, 5.74) is -0.692. The Bertz CT molecular complexity index is 317.